The quantitative estimate of drug-likeness (QED) is 0.734. The van der Waals surface area contributed by atoms with Crippen LogP contribution < -0.4 is 4.90 Å². The Hall–Kier alpha value is -2.12. The molecule has 1 heterocycles. The Labute approximate surface area is 118 Å². The number of rotatable bonds is 1. The van der Waals surface area contributed by atoms with Crippen LogP contribution in [0, 0.1) is 16.7 Å². The standard InChI is InChI=1S/C16H16N2O2/c1-18-13-8-4-3-6-11(13)12-7-5-9-14(20-2)16(12,10-17)15(18)19/h3-6,8-9,12,14H,7H2,1-2H3/t12-,14-,16+/m0/s1. The monoisotopic (exact) mass is 268 g/mol. The highest BCUT2D eigenvalue weighted by molar-refractivity contribution is 6.03. The topological polar surface area (TPSA) is 53.3 Å². The number of ether oxygens (including phenoxy) is 1. The van der Waals surface area contributed by atoms with Gasteiger partial charge in [0.25, 0.3) is 5.91 Å². The maximum Gasteiger partial charge on any atom is 0.250 e. The fourth-order valence-electron chi connectivity index (χ4n) is 3.45. The zero-order chi connectivity index (χ0) is 14.3. The van der Waals surface area contributed by atoms with E-state index in [4.69, 9.17) is 4.74 Å². The molecule has 0 spiro atoms. The third-order valence-electron chi connectivity index (χ3n) is 4.45. The van der Waals surface area contributed by atoms with Crippen molar-refractivity contribution in [2.45, 2.75) is 18.4 Å². The van der Waals surface area contributed by atoms with E-state index in [1.54, 1.807) is 19.1 Å². The summed E-state index contributed by atoms with van der Waals surface area (Å²) < 4.78 is 5.43. The first kappa shape index (κ1) is 12.9. The van der Waals surface area contributed by atoms with Crippen LogP contribution in [0.3, 0.4) is 0 Å². The maximum atomic E-state index is 12.8. The molecule has 1 aromatic carbocycles. The van der Waals surface area contributed by atoms with Crippen LogP contribution in [0.4, 0.5) is 5.69 Å². The summed E-state index contributed by atoms with van der Waals surface area (Å²) in [5.74, 6) is -0.331. The van der Waals surface area contributed by atoms with E-state index in [1.807, 2.05) is 36.4 Å². The predicted molar refractivity (Wildman–Crippen MR) is 75.2 cm³/mol. The number of nitrogens with zero attached hydrogens (tertiary/aromatic N) is 2. The number of hydrogen-bond acceptors (Lipinski definition) is 3. The minimum Gasteiger partial charge on any atom is -0.375 e. The number of nitriles is 1. The first-order chi connectivity index (χ1) is 9.66. The summed E-state index contributed by atoms with van der Waals surface area (Å²) in [5, 5.41) is 9.78. The van der Waals surface area contributed by atoms with Gasteiger partial charge in [-0.25, -0.2) is 0 Å². The molecule has 4 nitrogen and oxygen atoms in total. The smallest absolute Gasteiger partial charge is 0.250 e. The number of methoxy groups -OCH3 is 1. The average molecular weight is 268 g/mol. The minimum absolute atomic E-state index is 0.151. The second kappa shape index (κ2) is 4.46. The van der Waals surface area contributed by atoms with E-state index < -0.39 is 11.5 Å². The molecular weight excluding hydrogens is 252 g/mol. The minimum atomic E-state index is -1.16. The van der Waals surface area contributed by atoms with Gasteiger partial charge in [-0.3, -0.25) is 4.79 Å². The van der Waals surface area contributed by atoms with Gasteiger partial charge < -0.3 is 9.64 Å². The van der Waals surface area contributed by atoms with Gasteiger partial charge in [0.15, 0.2) is 5.41 Å². The van der Waals surface area contributed by atoms with E-state index in [1.165, 1.54) is 0 Å². The van der Waals surface area contributed by atoms with E-state index in [0.717, 1.165) is 11.3 Å². The lowest BCUT2D eigenvalue weighted by Crippen LogP contribution is -2.56. The highest BCUT2D eigenvalue weighted by Gasteiger charge is 2.58. The zero-order valence-electron chi connectivity index (χ0n) is 11.5. The van der Waals surface area contributed by atoms with E-state index in [0.29, 0.717) is 6.42 Å². The van der Waals surface area contributed by atoms with Crippen LogP contribution in [0.2, 0.25) is 0 Å². The number of allylic oxidation sites excluding steroid dienone is 1. The van der Waals surface area contributed by atoms with Gasteiger partial charge in [0.1, 0.15) is 6.10 Å². The Kier molecular flexibility index (Phi) is 2.88. The number of carbonyl (C=O) groups is 1. The van der Waals surface area contributed by atoms with Crippen molar-refractivity contribution in [3.05, 3.63) is 42.0 Å². The number of carbonyl (C=O) groups excluding carboxylic acids is 1. The van der Waals surface area contributed by atoms with E-state index >= 15 is 0 Å². The Balaban J connectivity index is 2.27. The molecule has 0 saturated carbocycles. The second-order valence-corrected chi connectivity index (χ2v) is 5.28. The van der Waals surface area contributed by atoms with Gasteiger partial charge in [-0.15, -0.1) is 0 Å². The SMILES string of the molecule is CO[C@H]1C=CC[C@H]2c3ccccc3N(C)C(=O)[C@@]12C#N. The first-order valence-electron chi connectivity index (χ1n) is 6.64. The number of fused-ring (bicyclic) bond motifs is 3. The summed E-state index contributed by atoms with van der Waals surface area (Å²) >= 11 is 0. The van der Waals surface area contributed by atoms with Crippen molar-refractivity contribution >= 4 is 11.6 Å². The molecule has 1 aliphatic heterocycles. The van der Waals surface area contributed by atoms with E-state index in [-0.39, 0.29) is 11.8 Å². The lowest BCUT2D eigenvalue weighted by molar-refractivity contribution is -0.132. The Morgan fingerprint density at radius 3 is 2.90 bits per heavy atom. The zero-order valence-corrected chi connectivity index (χ0v) is 11.5. The molecule has 0 radical (unpaired) electrons. The summed E-state index contributed by atoms with van der Waals surface area (Å²) in [7, 11) is 3.27. The molecule has 1 aromatic rings. The molecule has 1 amide bonds. The van der Waals surface area contributed by atoms with Crippen molar-refractivity contribution in [1.82, 2.24) is 0 Å². The van der Waals surface area contributed by atoms with Crippen LogP contribution in [0.25, 0.3) is 0 Å². The van der Waals surface area contributed by atoms with Gasteiger partial charge in [0, 0.05) is 25.8 Å². The number of benzene rings is 1. The molecule has 0 N–H and O–H groups in total. The van der Waals surface area contributed by atoms with Crippen LogP contribution in [0.5, 0.6) is 0 Å². The third kappa shape index (κ3) is 1.41. The number of amides is 1. The van der Waals surface area contributed by atoms with Gasteiger partial charge in [0.05, 0.1) is 6.07 Å². The summed E-state index contributed by atoms with van der Waals surface area (Å²) in [4.78, 5) is 14.4. The molecule has 0 saturated heterocycles. The molecule has 20 heavy (non-hydrogen) atoms. The number of para-hydroxylation sites is 1. The molecule has 3 atom stereocenters. The molecule has 102 valence electrons. The van der Waals surface area contributed by atoms with Crippen LogP contribution in [-0.2, 0) is 9.53 Å². The Bertz CT molecular complexity index is 632. The summed E-state index contributed by atoms with van der Waals surface area (Å²) in [6.45, 7) is 0. The highest BCUT2D eigenvalue weighted by Crippen LogP contribution is 2.52. The Morgan fingerprint density at radius 1 is 1.45 bits per heavy atom. The molecule has 0 aromatic heterocycles. The Morgan fingerprint density at radius 2 is 2.20 bits per heavy atom. The molecule has 1 aliphatic carbocycles. The van der Waals surface area contributed by atoms with Gasteiger partial charge in [0.2, 0.25) is 0 Å². The van der Waals surface area contributed by atoms with Gasteiger partial charge in [-0.2, -0.15) is 5.26 Å². The van der Waals surface area contributed by atoms with Crippen LogP contribution >= 0.6 is 0 Å². The second-order valence-electron chi connectivity index (χ2n) is 5.28. The van der Waals surface area contributed by atoms with Crippen LogP contribution in [0.1, 0.15) is 17.9 Å². The van der Waals surface area contributed by atoms with E-state index in [9.17, 15) is 10.1 Å². The van der Waals surface area contributed by atoms with Crippen molar-refractivity contribution in [3.63, 3.8) is 0 Å². The number of anilines is 1. The van der Waals surface area contributed by atoms with Gasteiger partial charge in [-0.1, -0.05) is 30.4 Å². The van der Waals surface area contributed by atoms with Crippen molar-refractivity contribution in [2.24, 2.45) is 5.41 Å². The molecule has 4 heteroatoms. The summed E-state index contributed by atoms with van der Waals surface area (Å²) in [6.07, 6.45) is 4.02. The van der Waals surface area contributed by atoms with E-state index in [2.05, 4.69) is 6.07 Å². The lowest BCUT2D eigenvalue weighted by atomic mass is 9.62. The van der Waals surface area contributed by atoms with Crippen LogP contribution in [0.15, 0.2) is 36.4 Å². The summed E-state index contributed by atoms with van der Waals surface area (Å²) in [5.41, 5.74) is 0.771. The van der Waals surface area contributed by atoms with Gasteiger partial charge in [-0.05, 0) is 18.1 Å². The third-order valence-corrected chi connectivity index (χ3v) is 4.45. The van der Waals surface area contributed by atoms with Gasteiger partial charge >= 0.3 is 0 Å². The van der Waals surface area contributed by atoms with Crippen molar-refractivity contribution < 1.29 is 9.53 Å². The first-order valence-corrected chi connectivity index (χ1v) is 6.64. The summed E-state index contributed by atoms with van der Waals surface area (Å²) in [6, 6.07) is 10.1. The highest BCUT2D eigenvalue weighted by atomic mass is 16.5. The molecule has 2 aliphatic rings. The van der Waals surface area contributed by atoms with Crippen molar-refractivity contribution in [2.75, 3.05) is 19.1 Å². The number of hydrogen-bond donors (Lipinski definition) is 0. The van der Waals surface area contributed by atoms with Crippen molar-refractivity contribution in [1.29, 1.82) is 5.26 Å². The fraction of sp³-hybridized carbons (Fsp3) is 0.375. The maximum absolute atomic E-state index is 12.8. The van der Waals surface area contributed by atoms with Crippen LogP contribution in [-0.4, -0.2) is 26.2 Å². The largest absolute Gasteiger partial charge is 0.375 e. The normalized spacial score (nSPS) is 31.4. The molecule has 3 rings (SSSR count). The fourth-order valence-corrected chi connectivity index (χ4v) is 3.45. The molecule has 0 fully saturated rings. The average Bonchev–Trinajstić information content (AvgIpc) is 2.51. The molecule has 0 unspecified atom stereocenters. The predicted octanol–water partition coefficient (Wildman–Crippen LogP) is 2.23. The lowest BCUT2D eigenvalue weighted by Gasteiger charge is -2.46. The van der Waals surface area contributed by atoms with Crippen molar-refractivity contribution in [3.8, 4) is 6.07 Å². The molecule has 0 bridgehead atoms. The molecular formula is C16H16N2O2.